The van der Waals surface area contributed by atoms with Crippen molar-refractivity contribution >= 4 is 17.7 Å². The summed E-state index contributed by atoms with van der Waals surface area (Å²) < 4.78 is 15.1. The molecule has 0 saturated carbocycles. The number of nitrogens with zero attached hydrogens (tertiary/aromatic N) is 4. The van der Waals surface area contributed by atoms with Crippen LogP contribution in [0.2, 0.25) is 0 Å². The van der Waals surface area contributed by atoms with Crippen LogP contribution in [0.15, 0.2) is 72.0 Å². The van der Waals surface area contributed by atoms with Crippen molar-refractivity contribution in [3.8, 4) is 17.2 Å². The molecule has 0 bridgehead atoms. The Kier molecular flexibility index (Phi) is 6.84. The van der Waals surface area contributed by atoms with Gasteiger partial charge in [-0.3, -0.25) is 14.3 Å². The summed E-state index contributed by atoms with van der Waals surface area (Å²) in [6, 6.07) is 17.7. The summed E-state index contributed by atoms with van der Waals surface area (Å²) in [4.78, 5) is 17.1. The summed E-state index contributed by atoms with van der Waals surface area (Å²) in [6.07, 6.45) is 1.72. The van der Waals surface area contributed by atoms with Gasteiger partial charge in [0.15, 0.2) is 11.0 Å². The van der Waals surface area contributed by atoms with E-state index in [9.17, 15) is 9.18 Å². The van der Waals surface area contributed by atoms with Crippen molar-refractivity contribution in [2.75, 3.05) is 5.75 Å². The van der Waals surface area contributed by atoms with Crippen molar-refractivity contribution in [2.45, 2.75) is 32.0 Å². The molecule has 0 saturated heterocycles. The van der Waals surface area contributed by atoms with Gasteiger partial charge in [-0.2, -0.15) is 0 Å². The summed E-state index contributed by atoms with van der Waals surface area (Å²) >= 11 is 1.31. The summed E-state index contributed by atoms with van der Waals surface area (Å²) in [5.41, 5.74) is 4.71. The molecule has 168 valence electrons. The topological polar surface area (TPSA) is 72.7 Å². The van der Waals surface area contributed by atoms with Gasteiger partial charge >= 0.3 is 0 Å². The number of benzene rings is 2. The molecule has 0 aliphatic carbocycles. The first-order chi connectivity index (χ1) is 15.9. The van der Waals surface area contributed by atoms with Crippen LogP contribution in [0, 0.1) is 19.7 Å². The van der Waals surface area contributed by atoms with E-state index >= 15 is 0 Å². The minimum Gasteiger partial charge on any atom is -0.349 e. The Morgan fingerprint density at radius 1 is 1.09 bits per heavy atom. The number of hydrogen-bond acceptors (Lipinski definition) is 5. The normalized spacial score (nSPS) is 11.9. The Morgan fingerprint density at radius 3 is 2.58 bits per heavy atom. The zero-order valence-electron chi connectivity index (χ0n) is 18.6. The molecule has 0 spiro atoms. The lowest BCUT2D eigenvalue weighted by Crippen LogP contribution is -2.28. The molecule has 4 rings (SSSR count). The fourth-order valence-electron chi connectivity index (χ4n) is 3.55. The van der Waals surface area contributed by atoms with Crippen molar-refractivity contribution < 1.29 is 9.18 Å². The second-order valence-corrected chi connectivity index (χ2v) is 8.72. The molecule has 0 radical (unpaired) electrons. The van der Waals surface area contributed by atoms with E-state index in [1.54, 1.807) is 18.3 Å². The quantitative estimate of drug-likeness (QED) is 0.390. The molecule has 4 aromatic rings. The van der Waals surface area contributed by atoms with E-state index in [4.69, 9.17) is 0 Å². The fourth-order valence-corrected chi connectivity index (χ4v) is 4.30. The molecule has 0 fully saturated rings. The molecular weight excluding hydrogens is 437 g/mol. The highest BCUT2D eigenvalue weighted by Crippen LogP contribution is 2.29. The highest BCUT2D eigenvalue weighted by molar-refractivity contribution is 7.99. The lowest BCUT2D eigenvalue weighted by molar-refractivity contribution is -0.119. The molecule has 0 aliphatic heterocycles. The third kappa shape index (κ3) is 5.28. The Hall–Kier alpha value is -3.52. The Morgan fingerprint density at radius 2 is 1.88 bits per heavy atom. The third-order valence-corrected chi connectivity index (χ3v) is 6.13. The number of halogens is 1. The van der Waals surface area contributed by atoms with Gasteiger partial charge in [-0.05, 0) is 62.2 Å². The van der Waals surface area contributed by atoms with Crippen LogP contribution in [0.1, 0.15) is 29.7 Å². The van der Waals surface area contributed by atoms with E-state index in [1.807, 2.05) is 55.7 Å². The van der Waals surface area contributed by atoms with Gasteiger partial charge in [0.25, 0.3) is 0 Å². The standard InChI is InChI=1S/C25H24FN5OS/c1-16-7-12-22(17(2)14-16)31-24(21-6-4-5-13-27-21)29-30-25(31)33-15-23(32)28-18(3)19-8-10-20(26)11-9-19/h4-14,18H,15H2,1-3H3,(H,28,32). The number of hydrogen-bond donors (Lipinski definition) is 1. The molecule has 6 nitrogen and oxygen atoms in total. The zero-order valence-corrected chi connectivity index (χ0v) is 19.4. The number of aromatic nitrogens is 4. The number of rotatable bonds is 7. The summed E-state index contributed by atoms with van der Waals surface area (Å²) in [7, 11) is 0. The molecule has 2 heterocycles. The average molecular weight is 462 g/mol. The van der Waals surface area contributed by atoms with Crippen LogP contribution in [0.25, 0.3) is 17.2 Å². The maximum atomic E-state index is 13.2. The van der Waals surface area contributed by atoms with E-state index < -0.39 is 0 Å². The van der Waals surface area contributed by atoms with Crippen LogP contribution < -0.4 is 5.32 Å². The summed E-state index contributed by atoms with van der Waals surface area (Å²) in [5.74, 6) is 0.329. The number of nitrogens with one attached hydrogen (secondary N) is 1. The second kappa shape index (κ2) is 9.95. The van der Waals surface area contributed by atoms with Crippen LogP contribution >= 0.6 is 11.8 Å². The van der Waals surface area contributed by atoms with Crippen LogP contribution in [-0.2, 0) is 4.79 Å². The fraction of sp³-hybridized carbons (Fsp3) is 0.200. The van der Waals surface area contributed by atoms with Crippen molar-refractivity contribution in [3.63, 3.8) is 0 Å². The predicted octanol–water partition coefficient (Wildman–Crippen LogP) is 5.05. The van der Waals surface area contributed by atoms with E-state index in [0.717, 1.165) is 22.4 Å². The predicted molar refractivity (Wildman–Crippen MR) is 128 cm³/mol. The number of carbonyl (C=O) groups is 1. The van der Waals surface area contributed by atoms with Crippen molar-refractivity contribution in [2.24, 2.45) is 0 Å². The van der Waals surface area contributed by atoms with E-state index in [1.165, 1.54) is 23.9 Å². The van der Waals surface area contributed by atoms with Crippen molar-refractivity contribution in [1.29, 1.82) is 0 Å². The first kappa shape index (κ1) is 22.7. The number of amides is 1. The van der Waals surface area contributed by atoms with Gasteiger partial charge in [0.1, 0.15) is 11.5 Å². The number of pyridine rings is 1. The van der Waals surface area contributed by atoms with Crippen molar-refractivity contribution in [1.82, 2.24) is 25.1 Å². The molecule has 2 aromatic heterocycles. The van der Waals surface area contributed by atoms with E-state index in [2.05, 4.69) is 26.6 Å². The monoisotopic (exact) mass is 461 g/mol. The Labute approximate surface area is 196 Å². The van der Waals surface area contributed by atoms with Crippen LogP contribution in [0.3, 0.4) is 0 Å². The maximum Gasteiger partial charge on any atom is 0.230 e. The largest absolute Gasteiger partial charge is 0.349 e. The molecule has 2 aromatic carbocycles. The van der Waals surface area contributed by atoms with Gasteiger partial charge in [0.05, 0.1) is 17.5 Å². The SMILES string of the molecule is Cc1ccc(-n2c(SCC(=O)NC(C)c3ccc(F)cc3)nnc2-c2ccccn2)c(C)c1. The van der Waals surface area contributed by atoms with Crippen molar-refractivity contribution in [3.05, 3.63) is 89.4 Å². The highest BCUT2D eigenvalue weighted by Gasteiger charge is 2.20. The minimum atomic E-state index is -0.303. The van der Waals surface area contributed by atoms with E-state index in [0.29, 0.717) is 16.7 Å². The lowest BCUT2D eigenvalue weighted by atomic mass is 10.1. The maximum absolute atomic E-state index is 13.2. The third-order valence-electron chi connectivity index (χ3n) is 5.20. The summed E-state index contributed by atoms with van der Waals surface area (Å²) in [5, 5.41) is 12.3. The molecule has 1 unspecified atom stereocenters. The lowest BCUT2D eigenvalue weighted by Gasteiger charge is -2.15. The highest BCUT2D eigenvalue weighted by atomic mass is 32.2. The van der Waals surface area contributed by atoms with Gasteiger partial charge < -0.3 is 5.32 Å². The molecule has 0 aliphatic rings. The van der Waals surface area contributed by atoms with Gasteiger partial charge in [-0.15, -0.1) is 10.2 Å². The Bertz CT molecular complexity index is 1260. The second-order valence-electron chi connectivity index (χ2n) is 7.78. The molecule has 33 heavy (non-hydrogen) atoms. The first-order valence-electron chi connectivity index (χ1n) is 10.5. The van der Waals surface area contributed by atoms with Gasteiger partial charge in [-0.25, -0.2) is 4.39 Å². The van der Waals surface area contributed by atoms with Crippen LogP contribution in [0.4, 0.5) is 4.39 Å². The van der Waals surface area contributed by atoms with Crippen LogP contribution in [-0.4, -0.2) is 31.4 Å². The first-order valence-corrected chi connectivity index (χ1v) is 11.5. The number of thioether (sulfide) groups is 1. The molecule has 8 heteroatoms. The van der Waals surface area contributed by atoms with Gasteiger partial charge in [-0.1, -0.05) is 47.7 Å². The number of aryl methyl sites for hydroxylation is 2. The number of carbonyl (C=O) groups excluding carboxylic acids is 1. The molecular formula is C25H24FN5OS. The average Bonchev–Trinajstić information content (AvgIpc) is 3.22. The summed E-state index contributed by atoms with van der Waals surface area (Å²) in [6.45, 7) is 5.95. The smallest absolute Gasteiger partial charge is 0.230 e. The molecule has 1 amide bonds. The van der Waals surface area contributed by atoms with Gasteiger partial charge in [0, 0.05) is 6.20 Å². The van der Waals surface area contributed by atoms with E-state index in [-0.39, 0.29) is 23.5 Å². The molecule has 1 atom stereocenters. The van der Waals surface area contributed by atoms with Gasteiger partial charge in [0.2, 0.25) is 5.91 Å². The minimum absolute atomic E-state index is 0.147. The Balaban J connectivity index is 1.57. The zero-order chi connectivity index (χ0) is 23.4. The van der Waals surface area contributed by atoms with Crippen LogP contribution in [0.5, 0.6) is 0 Å². The molecule has 1 N–H and O–H groups in total.